The van der Waals surface area contributed by atoms with Crippen molar-refractivity contribution in [1.82, 2.24) is 9.78 Å². The Hall–Kier alpha value is -3.40. The Morgan fingerprint density at radius 2 is 1.44 bits per heavy atom. The van der Waals surface area contributed by atoms with E-state index in [1.165, 1.54) is 0 Å². The average Bonchev–Trinajstić information content (AvgIpc) is 2.86. The van der Waals surface area contributed by atoms with E-state index in [9.17, 15) is 0 Å². The molecule has 25 heavy (non-hydrogen) atoms. The molecule has 4 heteroatoms. The third kappa shape index (κ3) is 3.02. The van der Waals surface area contributed by atoms with Crippen LogP contribution in [0.1, 0.15) is 5.69 Å². The fourth-order valence-electron chi connectivity index (χ4n) is 2.83. The number of fused-ring (bicyclic) bond motifs is 1. The smallest absolute Gasteiger partial charge is 0.120 e. The van der Waals surface area contributed by atoms with Gasteiger partial charge in [0.1, 0.15) is 10.9 Å². The Labute approximate surface area is 146 Å². The zero-order valence-corrected chi connectivity index (χ0v) is 13.9. The number of aromatic nitrogens is 2. The molecule has 0 fully saturated rings. The normalized spacial score (nSPS) is 11.6. The Kier molecular flexibility index (Phi) is 4.01. The number of anilines is 1. The summed E-state index contributed by atoms with van der Waals surface area (Å²) in [4.78, 5) is 0. The number of rotatable bonds is 3. The van der Waals surface area contributed by atoms with E-state index in [-0.39, 0.29) is 0 Å². The van der Waals surface area contributed by atoms with Gasteiger partial charge in [-0.15, -0.1) is 0 Å². The zero-order valence-electron chi connectivity index (χ0n) is 13.9. The van der Waals surface area contributed by atoms with E-state index in [2.05, 4.69) is 35.7 Å². The molecule has 1 heterocycles. The van der Waals surface area contributed by atoms with Gasteiger partial charge in [0.15, 0.2) is 0 Å². The van der Waals surface area contributed by atoms with Gasteiger partial charge in [-0.05, 0) is 37.3 Å². The first-order valence-electron chi connectivity index (χ1n) is 8.22. The molecule has 0 aliphatic carbocycles. The number of hydrogen-bond donors (Lipinski definition) is 1. The zero-order chi connectivity index (χ0) is 17.1. The summed E-state index contributed by atoms with van der Waals surface area (Å²) in [6.45, 7) is 2.08. The van der Waals surface area contributed by atoms with Crippen LogP contribution in [0.2, 0.25) is 0 Å². The van der Waals surface area contributed by atoms with E-state index < -0.39 is 0 Å². The molecular formula is C21H18N4. The molecule has 4 nitrogen and oxygen atoms in total. The lowest BCUT2D eigenvalue weighted by Crippen LogP contribution is -2.06. The molecule has 0 spiro atoms. The van der Waals surface area contributed by atoms with Gasteiger partial charge in [0.25, 0.3) is 0 Å². The molecule has 0 saturated carbocycles. The number of aryl methyl sites for hydroxylation is 1. The molecule has 0 amide bonds. The number of nitrogens with zero attached hydrogens (tertiary/aromatic N) is 3. The molecule has 0 bridgehead atoms. The quantitative estimate of drug-likeness (QED) is 0.572. The minimum Gasteiger partial charge on any atom is -0.278 e. The fraction of sp³-hybridized carbons (Fsp3) is 0.0476. The van der Waals surface area contributed by atoms with E-state index in [0.29, 0.717) is 0 Å². The van der Waals surface area contributed by atoms with Crippen LogP contribution in [0.4, 0.5) is 5.69 Å². The minimum absolute atomic E-state index is 0.807. The van der Waals surface area contributed by atoms with E-state index in [0.717, 1.165) is 33.3 Å². The molecule has 4 aromatic rings. The van der Waals surface area contributed by atoms with Crippen molar-refractivity contribution in [1.29, 1.82) is 0 Å². The summed E-state index contributed by atoms with van der Waals surface area (Å²) in [5.41, 5.74) is 7.06. The summed E-state index contributed by atoms with van der Waals surface area (Å²) in [6.07, 6.45) is 0. The number of nitrogens with one attached hydrogen (secondary N) is 1. The maximum absolute atomic E-state index is 4.82. The molecule has 0 aliphatic heterocycles. The minimum atomic E-state index is 0.807. The summed E-state index contributed by atoms with van der Waals surface area (Å²) in [7, 11) is 0. The van der Waals surface area contributed by atoms with Crippen LogP contribution in [0.25, 0.3) is 16.6 Å². The van der Waals surface area contributed by atoms with Gasteiger partial charge < -0.3 is 0 Å². The summed E-state index contributed by atoms with van der Waals surface area (Å²) >= 11 is 0. The average molecular weight is 326 g/mol. The molecule has 122 valence electrons. The van der Waals surface area contributed by atoms with Gasteiger partial charge >= 0.3 is 0 Å². The highest BCUT2D eigenvalue weighted by molar-refractivity contribution is 5.81. The summed E-state index contributed by atoms with van der Waals surface area (Å²) in [6, 6.07) is 28.1. The topological polar surface area (TPSA) is 42.2 Å². The predicted molar refractivity (Wildman–Crippen MR) is 101 cm³/mol. The maximum atomic E-state index is 4.82. The summed E-state index contributed by atoms with van der Waals surface area (Å²) in [5.74, 6) is 0. The molecular weight excluding hydrogens is 308 g/mol. The van der Waals surface area contributed by atoms with E-state index in [1.54, 1.807) is 0 Å². The molecule has 0 unspecified atom stereocenters. The third-order valence-electron chi connectivity index (χ3n) is 4.11. The molecule has 0 saturated heterocycles. The van der Waals surface area contributed by atoms with Gasteiger partial charge in [-0.2, -0.15) is 10.2 Å². The molecule has 0 radical (unpaired) electrons. The predicted octanol–water partition coefficient (Wildman–Crippen LogP) is 4.26. The Balaban J connectivity index is 1.88. The van der Waals surface area contributed by atoms with Crippen molar-refractivity contribution >= 4 is 16.6 Å². The van der Waals surface area contributed by atoms with Crippen LogP contribution in [0.3, 0.4) is 0 Å². The highest BCUT2D eigenvalue weighted by Gasteiger charge is 2.09. The van der Waals surface area contributed by atoms with Crippen LogP contribution in [0, 0.1) is 6.92 Å². The van der Waals surface area contributed by atoms with E-state index >= 15 is 0 Å². The first kappa shape index (κ1) is 15.1. The van der Waals surface area contributed by atoms with E-state index in [4.69, 9.17) is 5.10 Å². The van der Waals surface area contributed by atoms with Crippen LogP contribution < -0.4 is 10.8 Å². The molecule has 4 rings (SSSR count). The second kappa shape index (κ2) is 6.61. The van der Waals surface area contributed by atoms with Gasteiger partial charge in [0.2, 0.25) is 0 Å². The lowest BCUT2D eigenvalue weighted by Gasteiger charge is -2.02. The van der Waals surface area contributed by atoms with Crippen molar-refractivity contribution in [2.45, 2.75) is 6.92 Å². The lowest BCUT2D eigenvalue weighted by atomic mass is 10.2. The van der Waals surface area contributed by atoms with Gasteiger partial charge in [0.05, 0.1) is 11.4 Å². The Bertz CT molecular complexity index is 1070. The van der Waals surface area contributed by atoms with Crippen molar-refractivity contribution in [2.24, 2.45) is 5.10 Å². The molecule has 0 atom stereocenters. The van der Waals surface area contributed by atoms with Crippen LogP contribution >= 0.6 is 0 Å². The number of benzene rings is 2. The van der Waals surface area contributed by atoms with Crippen molar-refractivity contribution in [2.75, 3.05) is 5.43 Å². The monoisotopic (exact) mass is 326 g/mol. The number of hydrogen-bond acceptors (Lipinski definition) is 3. The second-order valence-electron chi connectivity index (χ2n) is 5.79. The van der Waals surface area contributed by atoms with Crippen molar-refractivity contribution in [3.8, 4) is 5.69 Å². The van der Waals surface area contributed by atoms with Crippen molar-refractivity contribution < 1.29 is 0 Å². The molecule has 1 N–H and O–H groups in total. The molecule has 1 aromatic heterocycles. The van der Waals surface area contributed by atoms with Crippen LogP contribution in [-0.2, 0) is 0 Å². The van der Waals surface area contributed by atoms with Gasteiger partial charge in [-0.25, -0.2) is 4.68 Å². The van der Waals surface area contributed by atoms with Crippen molar-refractivity contribution in [3.63, 3.8) is 0 Å². The second-order valence-corrected chi connectivity index (χ2v) is 5.79. The first-order valence-corrected chi connectivity index (χ1v) is 8.22. The Morgan fingerprint density at radius 1 is 0.800 bits per heavy atom. The largest absolute Gasteiger partial charge is 0.278 e. The van der Waals surface area contributed by atoms with Crippen molar-refractivity contribution in [3.05, 3.63) is 96.0 Å². The third-order valence-corrected chi connectivity index (χ3v) is 4.11. The van der Waals surface area contributed by atoms with Gasteiger partial charge in [-0.1, -0.05) is 54.6 Å². The fourth-order valence-corrected chi connectivity index (χ4v) is 2.83. The number of para-hydroxylation sites is 2. The van der Waals surface area contributed by atoms with Crippen LogP contribution in [0.5, 0.6) is 0 Å². The van der Waals surface area contributed by atoms with Gasteiger partial charge in [-0.3, -0.25) is 5.43 Å². The summed E-state index contributed by atoms with van der Waals surface area (Å²) < 4.78 is 1.96. The highest BCUT2D eigenvalue weighted by Crippen LogP contribution is 2.18. The SMILES string of the molecule is Cc1c2cccc/c(=N\Nc3ccccc3)c2nn1-c1ccccc1. The highest BCUT2D eigenvalue weighted by atomic mass is 15.3. The van der Waals surface area contributed by atoms with Gasteiger partial charge in [0, 0.05) is 11.1 Å². The first-order chi connectivity index (χ1) is 12.3. The molecule has 0 aliphatic rings. The van der Waals surface area contributed by atoms with Crippen LogP contribution in [0.15, 0.2) is 90.0 Å². The molecule has 3 aromatic carbocycles. The Morgan fingerprint density at radius 3 is 2.20 bits per heavy atom. The van der Waals surface area contributed by atoms with E-state index in [1.807, 2.05) is 71.4 Å². The lowest BCUT2D eigenvalue weighted by molar-refractivity contribution is 0.858. The van der Waals surface area contributed by atoms with Crippen LogP contribution in [-0.4, -0.2) is 9.78 Å². The maximum Gasteiger partial charge on any atom is 0.120 e. The standard InChI is InChI=1S/C21H18N4/c1-16-19-14-8-9-15-20(23-22-17-10-4-2-5-11-17)21(19)24-25(16)18-12-6-3-7-13-18/h2-15,22H,1H3/b23-20+. The summed E-state index contributed by atoms with van der Waals surface area (Å²) in [5, 5.41) is 11.3.